The van der Waals surface area contributed by atoms with Crippen molar-refractivity contribution in [3.8, 4) is 0 Å². The summed E-state index contributed by atoms with van der Waals surface area (Å²) >= 11 is 0. The van der Waals surface area contributed by atoms with Gasteiger partial charge in [-0.15, -0.1) is 0 Å². The number of H-pyrrole nitrogens is 1. The number of amides is 2. The number of likely N-dealkylation sites (tertiary alicyclic amines) is 1. The second kappa shape index (κ2) is 6.48. The monoisotopic (exact) mass is 374 g/mol. The number of imidazole rings is 1. The van der Waals surface area contributed by atoms with Crippen molar-refractivity contribution in [2.75, 3.05) is 11.9 Å². The number of Topliss-reactive ketones (excluding diaryl/α,β-unsaturated/α-hetero) is 1. The zero-order chi connectivity index (χ0) is 19.3. The van der Waals surface area contributed by atoms with Crippen LogP contribution in [0.25, 0.3) is 11.0 Å². The van der Waals surface area contributed by atoms with Gasteiger partial charge < -0.3 is 15.2 Å². The number of fused-ring (bicyclic) bond motifs is 2. The van der Waals surface area contributed by atoms with Crippen molar-refractivity contribution in [1.82, 2.24) is 14.9 Å². The van der Waals surface area contributed by atoms with Crippen molar-refractivity contribution in [2.45, 2.75) is 38.6 Å². The van der Waals surface area contributed by atoms with Gasteiger partial charge in [0, 0.05) is 24.2 Å². The van der Waals surface area contributed by atoms with Gasteiger partial charge in [0.05, 0.1) is 17.1 Å². The second-order valence-electron chi connectivity index (χ2n) is 7.67. The molecule has 1 aromatic heterocycles. The number of nitrogens with one attached hydrogen (secondary N) is 2. The maximum atomic E-state index is 13.0. The van der Waals surface area contributed by atoms with Gasteiger partial charge in [-0.25, -0.2) is 9.78 Å². The van der Waals surface area contributed by atoms with Gasteiger partial charge in [-0.1, -0.05) is 12.1 Å². The Morgan fingerprint density at radius 1 is 1.25 bits per heavy atom. The predicted octanol–water partition coefficient (Wildman–Crippen LogP) is 4.37. The molecule has 2 heterocycles. The van der Waals surface area contributed by atoms with Gasteiger partial charge in [-0.3, -0.25) is 4.79 Å². The first-order valence-electron chi connectivity index (χ1n) is 9.79. The van der Waals surface area contributed by atoms with Crippen LogP contribution in [0, 0.1) is 6.92 Å². The van der Waals surface area contributed by atoms with Gasteiger partial charge in [-0.2, -0.15) is 0 Å². The van der Waals surface area contributed by atoms with Crippen LogP contribution in [0.3, 0.4) is 0 Å². The molecule has 142 valence electrons. The van der Waals surface area contributed by atoms with E-state index in [2.05, 4.69) is 10.3 Å². The molecule has 0 bridgehead atoms. The number of carbonyl (C=O) groups is 2. The van der Waals surface area contributed by atoms with E-state index in [1.54, 1.807) is 0 Å². The summed E-state index contributed by atoms with van der Waals surface area (Å²) < 4.78 is 0. The molecular weight excluding hydrogens is 352 g/mol. The van der Waals surface area contributed by atoms with Crippen molar-refractivity contribution in [1.29, 1.82) is 0 Å². The summed E-state index contributed by atoms with van der Waals surface area (Å²) in [5.74, 6) is 1.03. The molecule has 2 aromatic carbocycles. The average Bonchev–Trinajstić information content (AvgIpc) is 3.40. The second-order valence-corrected chi connectivity index (χ2v) is 7.67. The van der Waals surface area contributed by atoms with Crippen LogP contribution in [0.2, 0.25) is 0 Å². The summed E-state index contributed by atoms with van der Waals surface area (Å²) in [5.41, 5.74) is 5.65. The highest BCUT2D eigenvalue weighted by Gasteiger charge is 2.32. The summed E-state index contributed by atoms with van der Waals surface area (Å²) in [4.78, 5) is 34.8. The van der Waals surface area contributed by atoms with E-state index in [1.165, 1.54) is 0 Å². The Bertz CT molecular complexity index is 1100. The molecule has 0 radical (unpaired) electrons. The molecule has 3 aromatic rings. The Balaban J connectivity index is 1.38. The van der Waals surface area contributed by atoms with E-state index in [9.17, 15) is 9.59 Å². The summed E-state index contributed by atoms with van der Waals surface area (Å²) in [7, 11) is 0. The normalized spacial score (nSPS) is 18.7. The van der Waals surface area contributed by atoms with Gasteiger partial charge >= 0.3 is 6.03 Å². The van der Waals surface area contributed by atoms with E-state index in [-0.39, 0.29) is 17.9 Å². The molecule has 2 aliphatic rings. The number of carbonyl (C=O) groups excluding carboxylic acids is 2. The summed E-state index contributed by atoms with van der Waals surface area (Å²) in [6.45, 7) is 2.75. The standard InChI is InChI=1S/C22H22N4O2/c1-13-4-2-5-17-20(13)25-21(24-17)18-6-3-11-26(18)22(28)23-15-8-9-16-14(12-15)7-10-19(16)27/h2,4-5,8-9,12,18H,3,6-7,10-11H2,1H3,(H,23,28)(H,24,25)/t18-/m0/s1. The van der Waals surface area contributed by atoms with Crippen molar-refractivity contribution >= 4 is 28.5 Å². The number of aryl methyl sites for hydroxylation is 2. The summed E-state index contributed by atoms with van der Waals surface area (Å²) in [5, 5.41) is 3.01. The van der Waals surface area contributed by atoms with Crippen LogP contribution in [-0.4, -0.2) is 33.2 Å². The number of ketones is 1. The van der Waals surface area contributed by atoms with E-state index in [1.807, 2.05) is 48.2 Å². The molecule has 0 spiro atoms. The zero-order valence-electron chi connectivity index (χ0n) is 15.8. The number of para-hydroxylation sites is 1. The number of rotatable bonds is 2. The molecule has 5 rings (SSSR count). The molecule has 1 fully saturated rings. The minimum absolute atomic E-state index is 0.0530. The highest BCUT2D eigenvalue weighted by molar-refractivity contribution is 6.01. The Morgan fingerprint density at radius 3 is 3.00 bits per heavy atom. The van der Waals surface area contributed by atoms with Gasteiger partial charge in [-0.05, 0) is 61.6 Å². The molecule has 0 saturated carbocycles. The van der Waals surface area contributed by atoms with Crippen LogP contribution < -0.4 is 5.32 Å². The van der Waals surface area contributed by atoms with Crippen LogP contribution in [0.4, 0.5) is 10.5 Å². The molecule has 6 nitrogen and oxygen atoms in total. The fourth-order valence-electron chi connectivity index (χ4n) is 4.37. The van der Waals surface area contributed by atoms with E-state index in [0.717, 1.165) is 58.5 Å². The zero-order valence-corrected chi connectivity index (χ0v) is 15.8. The van der Waals surface area contributed by atoms with Gasteiger partial charge in [0.15, 0.2) is 5.78 Å². The minimum atomic E-state index is -0.121. The van der Waals surface area contributed by atoms with Crippen LogP contribution in [0.15, 0.2) is 36.4 Å². The largest absolute Gasteiger partial charge is 0.340 e. The Kier molecular flexibility index (Phi) is 3.93. The maximum Gasteiger partial charge on any atom is 0.322 e. The van der Waals surface area contributed by atoms with E-state index in [4.69, 9.17) is 4.98 Å². The summed E-state index contributed by atoms with van der Waals surface area (Å²) in [6, 6.07) is 11.5. The van der Waals surface area contributed by atoms with Crippen LogP contribution in [0.5, 0.6) is 0 Å². The number of hydrogen-bond acceptors (Lipinski definition) is 3. The van der Waals surface area contributed by atoms with Crippen molar-refractivity contribution in [3.63, 3.8) is 0 Å². The van der Waals surface area contributed by atoms with E-state index >= 15 is 0 Å². The quantitative estimate of drug-likeness (QED) is 0.699. The molecule has 2 N–H and O–H groups in total. The third kappa shape index (κ3) is 2.76. The Hall–Kier alpha value is -3.15. The number of aromatic nitrogens is 2. The number of nitrogens with zero attached hydrogens (tertiary/aromatic N) is 2. The SMILES string of the molecule is Cc1cccc2[nH]c([C@@H]3CCCN3C(=O)Nc3ccc4c(c3)CCC4=O)nc12. The average molecular weight is 374 g/mol. The molecule has 0 unspecified atom stereocenters. The first-order chi connectivity index (χ1) is 13.6. The number of hydrogen-bond donors (Lipinski definition) is 2. The van der Waals surface area contributed by atoms with Crippen LogP contribution in [-0.2, 0) is 6.42 Å². The molecule has 1 aliphatic heterocycles. The molecule has 6 heteroatoms. The first-order valence-corrected chi connectivity index (χ1v) is 9.79. The molecule has 2 amide bonds. The van der Waals surface area contributed by atoms with E-state index in [0.29, 0.717) is 13.0 Å². The Morgan fingerprint density at radius 2 is 2.14 bits per heavy atom. The highest BCUT2D eigenvalue weighted by Crippen LogP contribution is 2.33. The van der Waals surface area contributed by atoms with Gasteiger partial charge in [0.25, 0.3) is 0 Å². The smallest absolute Gasteiger partial charge is 0.322 e. The third-order valence-corrected chi connectivity index (χ3v) is 5.84. The lowest BCUT2D eigenvalue weighted by Crippen LogP contribution is -2.34. The summed E-state index contributed by atoms with van der Waals surface area (Å²) in [6.07, 6.45) is 3.16. The number of benzene rings is 2. The molecule has 1 atom stereocenters. The van der Waals surface area contributed by atoms with Crippen LogP contribution in [0.1, 0.15) is 52.6 Å². The molecule has 1 saturated heterocycles. The third-order valence-electron chi connectivity index (χ3n) is 5.84. The fraction of sp³-hybridized carbons (Fsp3) is 0.318. The first kappa shape index (κ1) is 17.0. The van der Waals surface area contributed by atoms with Crippen molar-refractivity contribution in [2.24, 2.45) is 0 Å². The van der Waals surface area contributed by atoms with Gasteiger partial charge in [0.1, 0.15) is 5.82 Å². The lowest BCUT2D eigenvalue weighted by atomic mass is 10.1. The topological polar surface area (TPSA) is 78.1 Å². The number of urea groups is 1. The van der Waals surface area contributed by atoms with Gasteiger partial charge in [0.2, 0.25) is 0 Å². The molecular formula is C22H22N4O2. The number of aromatic amines is 1. The van der Waals surface area contributed by atoms with Crippen molar-refractivity contribution in [3.05, 3.63) is 58.9 Å². The van der Waals surface area contributed by atoms with Crippen molar-refractivity contribution < 1.29 is 9.59 Å². The lowest BCUT2D eigenvalue weighted by molar-refractivity contribution is 0.0994. The Labute approximate surface area is 163 Å². The molecule has 1 aliphatic carbocycles. The van der Waals surface area contributed by atoms with E-state index < -0.39 is 0 Å². The maximum absolute atomic E-state index is 13.0. The highest BCUT2D eigenvalue weighted by atomic mass is 16.2. The minimum Gasteiger partial charge on any atom is -0.340 e. The predicted molar refractivity (Wildman–Crippen MR) is 108 cm³/mol. The fourth-order valence-corrected chi connectivity index (χ4v) is 4.37. The van der Waals surface area contributed by atoms with Crippen LogP contribution >= 0.6 is 0 Å². The lowest BCUT2D eigenvalue weighted by Gasteiger charge is -2.23. The number of anilines is 1. The molecule has 28 heavy (non-hydrogen) atoms.